The number of hydrogen-bond acceptors (Lipinski definition) is 3. The highest BCUT2D eigenvalue weighted by Crippen LogP contribution is 2.32. The summed E-state index contributed by atoms with van der Waals surface area (Å²) < 4.78 is 22.0. The molecule has 0 radical (unpaired) electrons. The predicted molar refractivity (Wildman–Crippen MR) is 150 cm³/mol. The summed E-state index contributed by atoms with van der Waals surface area (Å²) >= 11 is 0. The lowest BCUT2D eigenvalue weighted by atomic mass is 10.1. The molecule has 1 aliphatic rings. The average Bonchev–Trinajstić information content (AvgIpc) is 3.33. The van der Waals surface area contributed by atoms with Crippen molar-refractivity contribution in [3.8, 4) is 22.7 Å². The van der Waals surface area contributed by atoms with Crippen LogP contribution in [0.3, 0.4) is 0 Å². The third kappa shape index (κ3) is 5.58. The number of methoxy groups -OCH3 is 1. The topological polar surface area (TPSA) is 54.8 Å². The molecule has 200 valence electrons. The Morgan fingerprint density at radius 1 is 0.846 bits per heavy atom. The number of aromatic nitrogens is 1. The minimum atomic E-state index is -0.368. The molecule has 1 aliphatic heterocycles. The Kier molecular flexibility index (Phi) is 7.77. The lowest BCUT2D eigenvalue weighted by Gasteiger charge is -2.35. The maximum Gasteiger partial charge on any atom is 0.255 e. The molecule has 0 atom stereocenters. The minimum absolute atomic E-state index is 0.106. The minimum Gasteiger partial charge on any atom is -0.497 e. The molecule has 7 heteroatoms. The third-order valence-corrected chi connectivity index (χ3v) is 7.35. The van der Waals surface area contributed by atoms with Crippen molar-refractivity contribution >= 4 is 11.8 Å². The standard InChI is InChI=1S/C32H32FN3O3/c1-23-27(32(38)35-20-18-34(19-21-35)31(37)17-12-24-8-4-3-5-9-24)22-30(25-13-15-26(39-2)16-14-25)36(23)29-11-7-6-10-28(29)33/h3-11,13-16,22H,12,17-21H2,1-2H3. The maximum absolute atomic E-state index is 15.0. The zero-order valence-corrected chi connectivity index (χ0v) is 22.3. The van der Waals surface area contributed by atoms with Crippen LogP contribution in [0.1, 0.15) is 28.0 Å². The number of piperazine rings is 1. The smallest absolute Gasteiger partial charge is 0.255 e. The molecule has 2 amide bonds. The van der Waals surface area contributed by atoms with E-state index in [-0.39, 0.29) is 17.6 Å². The number of ether oxygens (including phenoxy) is 1. The van der Waals surface area contributed by atoms with Gasteiger partial charge in [0.05, 0.1) is 24.1 Å². The van der Waals surface area contributed by atoms with Crippen molar-refractivity contribution in [2.75, 3.05) is 33.3 Å². The van der Waals surface area contributed by atoms with Crippen molar-refractivity contribution in [3.05, 3.63) is 108 Å². The summed E-state index contributed by atoms with van der Waals surface area (Å²) in [4.78, 5) is 30.1. The first-order valence-corrected chi connectivity index (χ1v) is 13.2. The zero-order chi connectivity index (χ0) is 27.4. The number of para-hydroxylation sites is 1. The van der Waals surface area contributed by atoms with Crippen LogP contribution >= 0.6 is 0 Å². The zero-order valence-electron chi connectivity index (χ0n) is 22.3. The normalized spacial score (nSPS) is 13.4. The van der Waals surface area contributed by atoms with Gasteiger partial charge < -0.3 is 19.1 Å². The van der Waals surface area contributed by atoms with E-state index in [0.29, 0.717) is 61.7 Å². The molecule has 2 heterocycles. The molecule has 1 aromatic heterocycles. The molecule has 0 aliphatic carbocycles. The van der Waals surface area contributed by atoms with Gasteiger partial charge in [0.1, 0.15) is 11.6 Å². The van der Waals surface area contributed by atoms with Gasteiger partial charge in [-0.3, -0.25) is 9.59 Å². The quantitative estimate of drug-likeness (QED) is 0.319. The highest BCUT2D eigenvalue weighted by atomic mass is 19.1. The number of halogens is 1. The van der Waals surface area contributed by atoms with E-state index >= 15 is 0 Å². The number of aryl methyl sites for hydroxylation is 1. The average molecular weight is 526 g/mol. The Morgan fingerprint density at radius 2 is 1.49 bits per heavy atom. The number of amides is 2. The van der Waals surface area contributed by atoms with Gasteiger partial charge in [0.25, 0.3) is 5.91 Å². The molecule has 0 N–H and O–H groups in total. The Morgan fingerprint density at radius 3 is 2.15 bits per heavy atom. The first kappa shape index (κ1) is 26.2. The van der Waals surface area contributed by atoms with Crippen molar-refractivity contribution in [1.29, 1.82) is 0 Å². The van der Waals surface area contributed by atoms with Crippen LogP contribution in [0.4, 0.5) is 4.39 Å². The highest BCUT2D eigenvalue weighted by molar-refractivity contribution is 5.97. The van der Waals surface area contributed by atoms with E-state index < -0.39 is 0 Å². The molecule has 1 saturated heterocycles. The Labute approximate surface area is 228 Å². The molecule has 0 saturated carbocycles. The summed E-state index contributed by atoms with van der Waals surface area (Å²) in [6, 6.07) is 25.9. The molecule has 1 fully saturated rings. The molecule has 39 heavy (non-hydrogen) atoms. The van der Waals surface area contributed by atoms with Gasteiger partial charge in [-0.15, -0.1) is 0 Å². The van der Waals surface area contributed by atoms with E-state index in [2.05, 4.69) is 0 Å². The number of nitrogens with zero attached hydrogens (tertiary/aromatic N) is 3. The molecule has 3 aromatic carbocycles. The summed E-state index contributed by atoms with van der Waals surface area (Å²) in [6.45, 7) is 3.75. The highest BCUT2D eigenvalue weighted by Gasteiger charge is 2.28. The second-order valence-electron chi connectivity index (χ2n) is 9.70. The second kappa shape index (κ2) is 11.6. The Bertz CT molecular complexity index is 1460. The van der Waals surface area contributed by atoms with E-state index in [1.807, 2.05) is 72.5 Å². The molecule has 0 bridgehead atoms. The van der Waals surface area contributed by atoms with E-state index in [9.17, 15) is 14.0 Å². The molecule has 0 spiro atoms. The Hall–Kier alpha value is -4.39. The van der Waals surface area contributed by atoms with Crippen LogP contribution in [0.2, 0.25) is 0 Å². The van der Waals surface area contributed by atoms with Gasteiger partial charge in [0.2, 0.25) is 5.91 Å². The first-order chi connectivity index (χ1) is 19.0. The number of rotatable bonds is 7. The lowest BCUT2D eigenvalue weighted by Crippen LogP contribution is -2.50. The summed E-state index contributed by atoms with van der Waals surface area (Å²) in [5.41, 5.74) is 4.27. The monoisotopic (exact) mass is 525 g/mol. The van der Waals surface area contributed by atoms with E-state index in [1.165, 1.54) is 6.07 Å². The molecule has 5 rings (SSSR count). The largest absolute Gasteiger partial charge is 0.497 e. The number of carbonyl (C=O) groups is 2. The maximum atomic E-state index is 15.0. The van der Waals surface area contributed by atoms with Crippen molar-refractivity contribution < 1.29 is 18.7 Å². The number of hydrogen-bond donors (Lipinski definition) is 0. The Balaban J connectivity index is 1.35. The summed E-state index contributed by atoms with van der Waals surface area (Å²) in [5.74, 6) is 0.336. The van der Waals surface area contributed by atoms with E-state index in [1.54, 1.807) is 34.8 Å². The van der Waals surface area contributed by atoms with Gasteiger partial charge in [0, 0.05) is 38.3 Å². The fourth-order valence-corrected chi connectivity index (χ4v) is 5.12. The van der Waals surface area contributed by atoms with Gasteiger partial charge in [0.15, 0.2) is 0 Å². The molecule has 0 unspecified atom stereocenters. The SMILES string of the molecule is COc1ccc(-c2cc(C(=O)N3CCN(C(=O)CCc4ccccc4)CC3)c(C)n2-c2ccccc2F)cc1. The summed E-state index contributed by atoms with van der Waals surface area (Å²) in [5, 5.41) is 0. The van der Waals surface area contributed by atoms with Crippen LogP contribution in [0.15, 0.2) is 84.9 Å². The van der Waals surface area contributed by atoms with Crippen molar-refractivity contribution in [1.82, 2.24) is 14.4 Å². The fourth-order valence-electron chi connectivity index (χ4n) is 5.12. The summed E-state index contributed by atoms with van der Waals surface area (Å²) in [7, 11) is 1.61. The first-order valence-electron chi connectivity index (χ1n) is 13.2. The van der Waals surface area contributed by atoms with Crippen LogP contribution < -0.4 is 4.74 Å². The van der Waals surface area contributed by atoms with Crippen molar-refractivity contribution in [2.24, 2.45) is 0 Å². The number of benzene rings is 3. The van der Waals surface area contributed by atoms with Gasteiger partial charge in [-0.1, -0.05) is 42.5 Å². The van der Waals surface area contributed by atoms with Crippen LogP contribution in [0, 0.1) is 12.7 Å². The van der Waals surface area contributed by atoms with Gasteiger partial charge in [-0.2, -0.15) is 0 Å². The van der Waals surface area contributed by atoms with Gasteiger partial charge in [-0.25, -0.2) is 4.39 Å². The summed E-state index contributed by atoms with van der Waals surface area (Å²) in [6.07, 6.45) is 1.16. The van der Waals surface area contributed by atoms with Crippen LogP contribution in [0.25, 0.3) is 16.9 Å². The molecule has 4 aromatic rings. The van der Waals surface area contributed by atoms with Crippen molar-refractivity contribution in [3.63, 3.8) is 0 Å². The molecular weight excluding hydrogens is 493 g/mol. The van der Waals surface area contributed by atoms with Crippen LogP contribution in [0.5, 0.6) is 5.75 Å². The lowest BCUT2D eigenvalue weighted by molar-refractivity contribution is -0.132. The van der Waals surface area contributed by atoms with E-state index in [4.69, 9.17) is 4.74 Å². The molecular formula is C32H32FN3O3. The van der Waals surface area contributed by atoms with Gasteiger partial charge in [-0.05, 0) is 66.9 Å². The van der Waals surface area contributed by atoms with E-state index in [0.717, 1.165) is 16.8 Å². The predicted octanol–water partition coefficient (Wildman–Crippen LogP) is 5.52. The van der Waals surface area contributed by atoms with Crippen molar-refractivity contribution in [2.45, 2.75) is 19.8 Å². The van der Waals surface area contributed by atoms with Gasteiger partial charge >= 0.3 is 0 Å². The van der Waals surface area contributed by atoms with Crippen LogP contribution in [-0.2, 0) is 11.2 Å². The third-order valence-electron chi connectivity index (χ3n) is 7.35. The fraction of sp³-hybridized carbons (Fsp3) is 0.250. The second-order valence-corrected chi connectivity index (χ2v) is 9.70. The molecule has 6 nitrogen and oxygen atoms in total. The number of carbonyl (C=O) groups excluding carboxylic acids is 2. The van der Waals surface area contributed by atoms with Crippen LogP contribution in [-0.4, -0.2) is 59.5 Å².